The molecule has 1 aliphatic heterocycles. The van der Waals surface area contributed by atoms with Gasteiger partial charge in [-0.3, -0.25) is 14.4 Å². The fraction of sp³-hybridized carbons (Fsp3) is 0.500. The van der Waals surface area contributed by atoms with Gasteiger partial charge in [0.15, 0.2) is 0 Å². The fourth-order valence-electron chi connectivity index (χ4n) is 3.09. The number of carboxylic acids is 1. The van der Waals surface area contributed by atoms with Gasteiger partial charge in [0.2, 0.25) is 11.8 Å². The highest BCUT2D eigenvalue weighted by atomic mass is 16.4. The van der Waals surface area contributed by atoms with Crippen LogP contribution in [0.1, 0.15) is 31.7 Å². The summed E-state index contributed by atoms with van der Waals surface area (Å²) in [5, 5.41) is 12.5. The highest BCUT2D eigenvalue weighted by Crippen LogP contribution is 2.28. The first kappa shape index (κ1) is 18.0. The van der Waals surface area contributed by atoms with Crippen LogP contribution >= 0.6 is 0 Å². The average molecular weight is 332 g/mol. The van der Waals surface area contributed by atoms with Crippen molar-refractivity contribution in [3.05, 3.63) is 35.9 Å². The molecule has 2 amide bonds. The molecule has 130 valence electrons. The van der Waals surface area contributed by atoms with Crippen molar-refractivity contribution in [1.82, 2.24) is 10.2 Å². The van der Waals surface area contributed by atoms with Crippen LogP contribution < -0.4 is 5.32 Å². The molecular weight excluding hydrogens is 308 g/mol. The van der Waals surface area contributed by atoms with Crippen molar-refractivity contribution in [2.45, 2.75) is 31.6 Å². The number of benzene rings is 1. The minimum atomic E-state index is -1.16. The Hall–Kier alpha value is -2.37. The molecular formula is C18H24N2O4. The molecule has 1 saturated heterocycles. The molecule has 24 heavy (non-hydrogen) atoms. The predicted octanol–water partition coefficient (Wildman–Crippen LogP) is 1.40. The molecule has 0 aliphatic carbocycles. The van der Waals surface area contributed by atoms with E-state index in [-0.39, 0.29) is 30.7 Å². The summed E-state index contributed by atoms with van der Waals surface area (Å²) in [4.78, 5) is 37.7. The predicted molar refractivity (Wildman–Crippen MR) is 89.4 cm³/mol. The van der Waals surface area contributed by atoms with Crippen LogP contribution in [0.5, 0.6) is 0 Å². The van der Waals surface area contributed by atoms with Crippen molar-refractivity contribution in [3.8, 4) is 0 Å². The monoisotopic (exact) mass is 332 g/mol. The summed E-state index contributed by atoms with van der Waals surface area (Å²) in [5.74, 6) is -1.64. The number of amides is 2. The van der Waals surface area contributed by atoms with Crippen LogP contribution in [0.4, 0.5) is 0 Å². The molecule has 2 N–H and O–H groups in total. The molecule has 2 atom stereocenters. The minimum Gasteiger partial charge on any atom is -0.481 e. The Morgan fingerprint density at radius 3 is 2.54 bits per heavy atom. The molecule has 2 unspecified atom stereocenters. The number of carbonyl (C=O) groups is 3. The third-order valence-electron chi connectivity index (χ3n) is 4.93. The van der Waals surface area contributed by atoms with E-state index < -0.39 is 11.4 Å². The van der Waals surface area contributed by atoms with Gasteiger partial charge in [0, 0.05) is 32.5 Å². The number of aliphatic carboxylic acids is 1. The van der Waals surface area contributed by atoms with Crippen LogP contribution in [-0.4, -0.2) is 47.9 Å². The molecule has 0 spiro atoms. The summed E-state index contributed by atoms with van der Waals surface area (Å²) < 4.78 is 0. The number of hydrogen-bond acceptors (Lipinski definition) is 3. The van der Waals surface area contributed by atoms with Gasteiger partial charge in [0.25, 0.3) is 0 Å². The third-order valence-corrected chi connectivity index (χ3v) is 4.93. The van der Waals surface area contributed by atoms with E-state index in [1.807, 2.05) is 6.07 Å². The van der Waals surface area contributed by atoms with Gasteiger partial charge in [0.1, 0.15) is 5.41 Å². The molecule has 6 nitrogen and oxygen atoms in total. The van der Waals surface area contributed by atoms with Gasteiger partial charge in [-0.2, -0.15) is 0 Å². The SMILES string of the molecule is CCC(CNC(=O)C1CCN(C)C(=O)C1)(C(=O)O)c1ccccc1. The van der Waals surface area contributed by atoms with Crippen LogP contribution in [0.3, 0.4) is 0 Å². The van der Waals surface area contributed by atoms with Gasteiger partial charge < -0.3 is 15.3 Å². The van der Waals surface area contributed by atoms with E-state index in [0.717, 1.165) is 0 Å². The van der Waals surface area contributed by atoms with Crippen molar-refractivity contribution in [2.24, 2.45) is 5.92 Å². The Morgan fingerprint density at radius 2 is 2.00 bits per heavy atom. The summed E-state index contributed by atoms with van der Waals surface area (Å²) in [6.45, 7) is 2.36. The van der Waals surface area contributed by atoms with Crippen LogP contribution in [0.25, 0.3) is 0 Å². The lowest BCUT2D eigenvalue weighted by atomic mass is 9.78. The van der Waals surface area contributed by atoms with Crippen molar-refractivity contribution in [1.29, 1.82) is 0 Å². The van der Waals surface area contributed by atoms with Crippen LogP contribution in [0, 0.1) is 5.92 Å². The molecule has 1 aliphatic rings. The Bertz CT molecular complexity index is 617. The number of nitrogens with zero attached hydrogens (tertiary/aromatic N) is 1. The topological polar surface area (TPSA) is 86.7 Å². The summed E-state index contributed by atoms with van der Waals surface area (Å²) >= 11 is 0. The zero-order valence-electron chi connectivity index (χ0n) is 14.1. The van der Waals surface area contributed by atoms with Crippen LogP contribution in [0.2, 0.25) is 0 Å². The van der Waals surface area contributed by atoms with Crippen molar-refractivity contribution in [3.63, 3.8) is 0 Å². The average Bonchev–Trinajstić information content (AvgIpc) is 2.58. The third kappa shape index (κ3) is 3.58. The first-order valence-electron chi connectivity index (χ1n) is 8.21. The second kappa shape index (κ2) is 7.47. The van der Waals surface area contributed by atoms with Crippen molar-refractivity contribution >= 4 is 17.8 Å². The standard InChI is InChI=1S/C18H24N2O4/c1-3-18(17(23)24,14-7-5-4-6-8-14)12-19-16(22)13-9-10-20(2)15(21)11-13/h4-8,13H,3,9-12H2,1-2H3,(H,19,22)(H,23,24). The Labute approximate surface area is 141 Å². The minimum absolute atomic E-state index is 0.0161. The summed E-state index contributed by atoms with van der Waals surface area (Å²) in [6.07, 6.45) is 1.14. The number of likely N-dealkylation sites (tertiary alicyclic amines) is 1. The Kier molecular flexibility index (Phi) is 5.59. The zero-order chi connectivity index (χ0) is 17.7. The summed E-state index contributed by atoms with van der Waals surface area (Å²) in [7, 11) is 1.72. The second-order valence-electron chi connectivity index (χ2n) is 6.33. The molecule has 1 aromatic rings. The molecule has 6 heteroatoms. The van der Waals surface area contributed by atoms with Gasteiger partial charge in [0.05, 0.1) is 0 Å². The number of piperidine rings is 1. The smallest absolute Gasteiger partial charge is 0.315 e. The molecule has 0 saturated carbocycles. The molecule has 1 aromatic carbocycles. The van der Waals surface area contributed by atoms with E-state index in [0.29, 0.717) is 24.9 Å². The van der Waals surface area contributed by atoms with Crippen molar-refractivity contribution in [2.75, 3.05) is 20.1 Å². The number of carboxylic acid groups (broad SMARTS) is 1. The second-order valence-corrected chi connectivity index (χ2v) is 6.33. The largest absolute Gasteiger partial charge is 0.481 e. The number of carbonyl (C=O) groups excluding carboxylic acids is 2. The first-order valence-corrected chi connectivity index (χ1v) is 8.21. The van der Waals surface area contributed by atoms with Gasteiger partial charge in [-0.05, 0) is 18.4 Å². The normalized spacial score (nSPS) is 20.3. The van der Waals surface area contributed by atoms with E-state index in [1.54, 1.807) is 43.1 Å². The molecule has 0 aromatic heterocycles. The zero-order valence-corrected chi connectivity index (χ0v) is 14.1. The van der Waals surface area contributed by atoms with Gasteiger partial charge in [-0.15, -0.1) is 0 Å². The van der Waals surface area contributed by atoms with Gasteiger partial charge in [-0.25, -0.2) is 0 Å². The molecule has 0 bridgehead atoms. The maximum Gasteiger partial charge on any atom is 0.315 e. The maximum absolute atomic E-state index is 12.4. The summed E-state index contributed by atoms with van der Waals surface area (Å²) in [5.41, 5.74) is -0.494. The Morgan fingerprint density at radius 1 is 1.33 bits per heavy atom. The lowest BCUT2D eigenvalue weighted by molar-refractivity contribution is -0.145. The van der Waals surface area contributed by atoms with Gasteiger partial charge >= 0.3 is 5.97 Å². The molecule has 0 radical (unpaired) electrons. The fourth-order valence-corrected chi connectivity index (χ4v) is 3.09. The summed E-state index contributed by atoms with van der Waals surface area (Å²) in [6, 6.07) is 8.94. The quantitative estimate of drug-likeness (QED) is 0.824. The molecule has 2 rings (SSSR count). The highest BCUT2D eigenvalue weighted by molar-refractivity contribution is 5.88. The highest BCUT2D eigenvalue weighted by Gasteiger charge is 2.39. The number of hydrogen-bond donors (Lipinski definition) is 2. The van der Waals surface area contributed by atoms with Crippen molar-refractivity contribution < 1.29 is 19.5 Å². The van der Waals surface area contributed by atoms with Gasteiger partial charge in [-0.1, -0.05) is 37.3 Å². The molecule has 1 fully saturated rings. The lowest BCUT2D eigenvalue weighted by Gasteiger charge is -2.31. The van der Waals surface area contributed by atoms with E-state index >= 15 is 0 Å². The van der Waals surface area contributed by atoms with E-state index in [4.69, 9.17) is 0 Å². The number of rotatable bonds is 6. The lowest BCUT2D eigenvalue weighted by Crippen LogP contribution is -2.49. The van der Waals surface area contributed by atoms with Crippen LogP contribution in [-0.2, 0) is 19.8 Å². The first-order chi connectivity index (χ1) is 11.4. The molecule has 1 heterocycles. The Balaban J connectivity index is 2.10. The maximum atomic E-state index is 12.4. The van der Waals surface area contributed by atoms with E-state index in [9.17, 15) is 19.5 Å². The number of nitrogens with one attached hydrogen (secondary N) is 1. The van der Waals surface area contributed by atoms with Crippen LogP contribution in [0.15, 0.2) is 30.3 Å². The van der Waals surface area contributed by atoms with E-state index in [2.05, 4.69) is 5.32 Å². The van der Waals surface area contributed by atoms with E-state index in [1.165, 1.54) is 0 Å².